The molecule has 0 bridgehead atoms. The van der Waals surface area contributed by atoms with E-state index in [-0.39, 0.29) is 17.4 Å². The molecule has 0 atom stereocenters. The number of hydrogen-bond donors (Lipinski definition) is 1. The third kappa shape index (κ3) is 8.30. The number of nitrogens with one attached hydrogen (secondary N) is 1. The number of ether oxygens (including phenoxy) is 3. The van der Waals surface area contributed by atoms with Gasteiger partial charge < -0.3 is 19.1 Å². The Morgan fingerprint density at radius 2 is 1.57 bits per heavy atom. The third-order valence-corrected chi connectivity index (χ3v) is 8.13. The largest absolute Gasteiger partial charge is 0.494 e. The lowest BCUT2D eigenvalue weighted by molar-refractivity contribution is -0.137. The summed E-state index contributed by atoms with van der Waals surface area (Å²) in [6, 6.07) is 19.7. The van der Waals surface area contributed by atoms with Crippen molar-refractivity contribution in [3.63, 3.8) is 0 Å². The monoisotopic (exact) mass is 594 g/mol. The molecule has 1 saturated heterocycles. The van der Waals surface area contributed by atoms with Crippen LogP contribution in [0.4, 0.5) is 5.69 Å². The summed E-state index contributed by atoms with van der Waals surface area (Å²) >= 11 is 0. The van der Waals surface area contributed by atoms with E-state index in [4.69, 9.17) is 14.2 Å². The Hall–Kier alpha value is -4.42. The first-order chi connectivity index (χ1) is 20.3. The fourth-order valence-electron chi connectivity index (χ4n) is 4.07. The molecule has 1 aliphatic rings. The molecule has 1 N–H and O–H groups in total. The van der Waals surface area contributed by atoms with E-state index >= 15 is 0 Å². The minimum absolute atomic E-state index is 0.0248. The number of nitrogens with zero attached hydrogens (tertiary/aromatic N) is 3. The van der Waals surface area contributed by atoms with Crippen molar-refractivity contribution in [2.75, 3.05) is 50.4 Å². The summed E-state index contributed by atoms with van der Waals surface area (Å²) in [5.74, 6) is 0.344. The van der Waals surface area contributed by atoms with Crippen LogP contribution >= 0.6 is 0 Å². The number of morpholine rings is 1. The molecule has 1 aliphatic heterocycles. The van der Waals surface area contributed by atoms with E-state index in [9.17, 15) is 18.0 Å². The van der Waals surface area contributed by atoms with Crippen molar-refractivity contribution >= 4 is 33.7 Å². The fourth-order valence-corrected chi connectivity index (χ4v) is 5.49. The first-order valence-corrected chi connectivity index (χ1v) is 14.9. The van der Waals surface area contributed by atoms with Gasteiger partial charge in [-0.05, 0) is 80.1 Å². The molecule has 0 unspecified atom stereocenters. The van der Waals surface area contributed by atoms with Gasteiger partial charge in [-0.3, -0.25) is 13.9 Å². The van der Waals surface area contributed by atoms with Gasteiger partial charge in [0.2, 0.25) is 0 Å². The molecule has 0 saturated carbocycles. The highest BCUT2D eigenvalue weighted by Gasteiger charge is 2.27. The molecule has 2 amide bonds. The smallest absolute Gasteiger partial charge is 0.264 e. The van der Waals surface area contributed by atoms with E-state index in [1.54, 1.807) is 65.6 Å². The number of sulfonamides is 1. The molecule has 0 spiro atoms. The average Bonchev–Trinajstić information content (AvgIpc) is 3.00. The number of aryl methyl sites for hydroxylation is 1. The quantitative estimate of drug-likeness (QED) is 0.252. The van der Waals surface area contributed by atoms with E-state index < -0.39 is 22.5 Å². The zero-order valence-corrected chi connectivity index (χ0v) is 24.4. The van der Waals surface area contributed by atoms with Crippen LogP contribution in [0.5, 0.6) is 11.5 Å². The van der Waals surface area contributed by atoms with E-state index in [1.807, 2.05) is 13.8 Å². The van der Waals surface area contributed by atoms with E-state index in [1.165, 1.54) is 18.3 Å². The molecular formula is C30H34N4O7S. The highest BCUT2D eigenvalue weighted by atomic mass is 32.2. The standard InChI is InChI=1S/C30H34N4O7S/c1-3-40-26-12-14-28(15-13-26)42(37,38)34(25-8-4-23(2)5-9-25)21-29(35)32-31-20-24-6-10-27(11-7-24)41-22-30(36)33-16-18-39-19-17-33/h4-15,20H,3,16-19,21-22H2,1-2H3,(H,32,35)/b31-20-. The van der Waals surface area contributed by atoms with E-state index in [0.29, 0.717) is 55.7 Å². The zero-order valence-electron chi connectivity index (χ0n) is 23.6. The van der Waals surface area contributed by atoms with Crippen LogP contribution in [0, 0.1) is 6.92 Å². The number of carbonyl (C=O) groups excluding carboxylic acids is 2. The first kappa shape index (κ1) is 30.5. The van der Waals surface area contributed by atoms with Crippen molar-refractivity contribution in [2.45, 2.75) is 18.7 Å². The van der Waals surface area contributed by atoms with Gasteiger partial charge in [-0.15, -0.1) is 0 Å². The molecule has 0 aliphatic carbocycles. The summed E-state index contributed by atoms with van der Waals surface area (Å²) in [4.78, 5) is 26.8. The summed E-state index contributed by atoms with van der Waals surface area (Å²) in [6.07, 6.45) is 1.43. The number of rotatable bonds is 12. The summed E-state index contributed by atoms with van der Waals surface area (Å²) in [6.45, 7) is 5.79. The maximum absolute atomic E-state index is 13.6. The van der Waals surface area contributed by atoms with E-state index in [2.05, 4.69) is 10.5 Å². The van der Waals surface area contributed by atoms with Crippen LogP contribution in [0.15, 0.2) is 82.8 Å². The van der Waals surface area contributed by atoms with Crippen LogP contribution in [0.25, 0.3) is 0 Å². The van der Waals surface area contributed by atoms with Crippen LogP contribution in [0.2, 0.25) is 0 Å². The predicted molar refractivity (Wildman–Crippen MR) is 158 cm³/mol. The number of benzene rings is 3. The average molecular weight is 595 g/mol. The molecule has 0 aromatic heterocycles. The molecule has 42 heavy (non-hydrogen) atoms. The van der Waals surface area contributed by atoms with Gasteiger partial charge in [-0.25, -0.2) is 13.8 Å². The Balaban J connectivity index is 1.37. The molecule has 1 heterocycles. The number of amides is 2. The summed E-state index contributed by atoms with van der Waals surface area (Å²) < 4.78 is 44.4. The van der Waals surface area contributed by atoms with Crippen molar-refractivity contribution in [3.8, 4) is 11.5 Å². The lowest BCUT2D eigenvalue weighted by atomic mass is 10.2. The summed E-state index contributed by atoms with van der Waals surface area (Å²) in [5, 5.41) is 3.98. The van der Waals surface area contributed by atoms with Crippen molar-refractivity contribution in [2.24, 2.45) is 5.10 Å². The molecule has 3 aromatic carbocycles. The molecule has 11 nitrogen and oxygen atoms in total. The topological polar surface area (TPSA) is 127 Å². The van der Waals surface area contributed by atoms with Crippen molar-refractivity contribution in [1.29, 1.82) is 0 Å². The zero-order chi connectivity index (χ0) is 30.0. The van der Waals surface area contributed by atoms with Crippen LogP contribution in [0.1, 0.15) is 18.1 Å². The van der Waals surface area contributed by atoms with Gasteiger partial charge >= 0.3 is 0 Å². The highest BCUT2D eigenvalue weighted by molar-refractivity contribution is 7.92. The number of hydrogen-bond acceptors (Lipinski definition) is 8. The molecule has 3 aromatic rings. The number of hydrazone groups is 1. The van der Waals surface area contributed by atoms with Gasteiger partial charge in [0.15, 0.2) is 6.61 Å². The number of anilines is 1. The second-order valence-corrected chi connectivity index (χ2v) is 11.3. The SMILES string of the molecule is CCOc1ccc(S(=O)(=O)N(CC(=O)N/N=C\c2ccc(OCC(=O)N3CCOCC3)cc2)c2ccc(C)cc2)cc1. The molecular weight excluding hydrogens is 560 g/mol. The fraction of sp³-hybridized carbons (Fsp3) is 0.300. The predicted octanol–water partition coefficient (Wildman–Crippen LogP) is 2.98. The lowest BCUT2D eigenvalue weighted by Crippen LogP contribution is -2.42. The van der Waals surface area contributed by atoms with Gasteiger partial charge in [0.1, 0.15) is 18.0 Å². The Labute approximate surface area is 245 Å². The molecule has 0 radical (unpaired) electrons. The van der Waals surface area contributed by atoms with E-state index in [0.717, 1.165) is 9.87 Å². The van der Waals surface area contributed by atoms with Gasteiger partial charge in [-0.2, -0.15) is 5.10 Å². The van der Waals surface area contributed by atoms with Crippen molar-refractivity contribution in [1.82, 2.24) is 10.3 Å². The highest BCUT2D eigenvalue weighted by Crippen LogP contribution is 2.25. The summed E-state index contributed by atoms with van der Waals surface area (Å²) in [5.41, 5.74) is 4.36. The van der Waals surface area contributed by atoms with Crippen LogP contribution in [-0.4, -0.2) is 77.4 Å². The lowest BCUT2D eigenvalue weighted by Gasteiger charge is -2.26. The maximum Gasteiger partial charge on any atom is 0.264 e. The Morgan fingerprint density at radius 3 is 2.21 bits per heavy atom. The van der Waals surface area contributed by atoms with Gasteiger partial charge in [-0.1, -0.05) is 17.7 Å². The first-order valence-electron chi connectivity index (χ1n) is 13.5. The Bertz CT molecular complexity index is 1470. The third-order valence-electron chi connectivity index (χ3n) is 6.34. The van der Waals surface area contributed by atoms with Crippen molar-refractivity contribution in [3.05, 3.63) is 83.9 Å². The second-order valence-electron chi connectivity index (χ2n) is 9.40. The Kier molecular flexibility index (Phi) is 10.5. The summed E-state index contributed by atoms with van der Waals surface area (Å²) in [7, 11) is -4.08. The van der Waals surface area contributed by atoms with Gasteiger partial charge in [0.05, 0.1) is 36.6 Å². The molecule has 1 fully saturated rings. The second kappa shape index (κ2) is 14.5. The maximum atomic E-state index is 13.6. The Morgan fingerprint density at radius 1 is 0.952 bits per heavy atom. The van der Waals surface area contributed by atoms with Crippen LogP contribution in [-0.2, 0) is 24.3 Å². The molecule has 4 rings (SSSR count). The van der Waals surface area contributed by atoms with Gasteiger partial charge in [0.25, 0.3) is 21.8 Å². The minimum atomic E-state index is -4.08. The number of carbonyl (C=O) groups is 2. The normalized spacial score (nSPS) is 13.5. The van der Waals surface area contributed by atoms with Crippen molar-refractivity contribution < 1.29 is 32.2 Å². The molecule has 12 heteroatoms. The minimum Gasteiger partial charge on any atom is -0.494 e. The van der Waals surface area contributed by atoms with Crippen LogP contribution < -0.4 is 19.2 Å². The van der Waals surface area contributed by atoms with Crippen LogP contribution in [0.3, 0.4) is 0 Å². The van der Waals surface area contributed by atoms with Gasteiger partial charge in [0, 0.05) is 13.1 Å². The molecule has 222 valence electrons.